The van der Waals surface area contributed by atoms with Gasteiger partial charge in [0.25, 0.3) is 0 Å². The fourth-order valence-electron chi connectivity index (χ4n) is 2.28. The molecule has 0 aliphatic carbocycles. The molecule has 0 radical (unpaired) electrons. The molecule has 2 unspecified atom stereocenters. The maximum absolute atomic E-state index is 12.4. The number of carbonyl (C=O) groups excluding carboxylic acids is 2. The van der Waals surface area contributed by atoms with Gasteiger partial charge in [0.2, 0.25) is 11.8 Å². The molecule has 0 aromatic carbocycles. The number of unbranched alkanes of at least 4 members (excludes halogenated alkanes) is 1. The van der Waals surface area contributed by atoms with Crippen molar-refractivity contribution in [2.24, 2.45) is 5.41 Å². The molecule has 104 valence electrons. The van der Waals surface area contributed by atoms with Gasteiger partial charge >= 0.3 is 0 Å². The lowest BCUT2D eigenvalue weighted by molar-refractivity contribution is -0.149. The van der Waals surface area contributed by atoms with Crippen LogP contribution in [0.3, 0.4) is 0 Å². The summed E-state index contributed by atoms with van der Waals surface area (Å²) >= 11 is 0. The number of rotatable bonds is 4. The van der Waals surface area contributed by atoms with Crippen LogP contribution in [0.25, 0.3) is 0 Å². The first-order chi connectivity index (χ1) is 8.27. The topological polar surface area (TPSA) is 49.4 Å². The van der Waals surface area contributed by atoms with Crippen molar-refractivity contribution in [2.45, 2.75) is 66.0 Å². The Hall–Kier alpha value is -1.06. The number of amides is 2. The number of piperazine rings is 1. The van der Waals surface area contributed by atoms with E-state index in [2.05, 4.69) is 12.2 Å². The summed E-state index contributed by atoms with van der Waals surface area (Å²) in [7, 11) is 0. The lowest BCUT2D eigenvalue weighted by atomic mass is 9.84. The van der Waals surface area contributed by atoms with Crippen molar-refractivity contribution < 1.29 is 9.59 Å². The summed E-state index contributed by atoms with van der Waals surface area (Å²) in [6, 6.07) is -0.254. The second-order valence-electron chi connectivity index (χ2n) is 6.32. The van der Waals surface area contributed by atoms with E-state index in [1.807, 2.05) is 27.7 Å². The van der Waals surface area contributed by atoms with E-state index in [9.17, 15) is 9.59 Å². The summed E-state index contributed by atoms with van der Waals surface area (Å²) in [5, 5.41) is 2.82. The van der Waals surface area contributed by atoms with E-state index < -0.39 is 6.04 Å². The predicted octanol–water partition coefficient (Wildman–Crippen LogP) is 1.94. The van der Waals surface area contributed by atoms with Crippen molar-refractivity contribution in [1.82, 2.24) is 10.2 Å². The van der Waals surface area contributed by atoms with Crippen LogP contribution in [0.5, 0.6) is 0 Å². The molecule has 0 spiro atoms. The molecule has 0 bridgehead atoms. The molecular weight excluding hydrogens is 228 g/mol. The lowest BCUT2D eigenvalue weighted by Gasteiger charge is -2.41. The van der Waals surface area contributed by atoms with Gasteiger partial charge < -0.3 is 10.2 Å². The Bertz CT molecular complexity index is 320. The minimum atomic E-state index is -0.400. The molecule has 2 amide bonds. The highest BCUT2D eigenvalue weighted by Crippen LogP contribution is 2.24. The Kier molecular flexibility index (Phi) is 4.77. The molecule has 4 heteroatoms. The highest BCUT2D eigenvalue weighted by Gasteiger charge is 2.41. The third-order valence-electron chi connectivity index (χ3n) is 3.52. The quantitative estimate of drug-likeness (QED) is 0.833. The van der Waals surface area contributed by atoms with Crippen molar-refractivity contribution >= 4 is 11.8 Å². The van der Waals surface area contributed by atoms with Crippen LogP contribution in [0.1, 0.15) is 53.9 Å². The molecule has 0 aromatic rings. The maximum Gasteiger partial charge on any atom is 0.246 e. The van der Waals surface area contributed by atoms with Crippen LogP contribution in [-0.4, -0.2) is 35.3 Å². The van der Waals surface area contributed by atoms with Crippen LogP contribution in [0.15, 0.2) is 0 Å². The predicted molar refractivity (Wildman–Crippen MR) is 72.1 cm³/mol. The van der Waals surface area contributed by atoms with Gasteiger partial charge in [-0.05, 0) is 18.8 Å². The SMILES string of the molecule is CCCCC(C)N1CC(=O)NC(C(C)(C)C)C1=O. The number of hydrogen-bond donors (Lipinski definition) is 1. The standard InChI is InChI=1S/C14H26N2O2/c1-6-7-8-10(2)16-9-11(17)15-12(13(16)18)14(3,4)5/h10,12H,6-9H2,1-5H3,(H,15,17). The highest BCUT2D eigenvalue weighted by atomic mass is 16.2. The van der Waals surface area contributed by atoms with Crippen molar-refractivity contribution in [3.8, 4) is 0 Å². The fraction of sp³-hybridized carbons (Fsp3) is 0.857. The van der Waals surface area contributed by atoms with Crippen molar-refractivity contribution in [2.75, 3.05) is 6.54 Å². The molecule has 2 atom stereocenters. The zero-order chi connectivity index (χ0) is 13.9. The number of nitrogens with zero attached hydrogens (tertiary/aromatic N) is 1. The summed E-state index contributed by atoms with van der Waals surface area (Å²) in [6.45, 7) is 10.3. The molecular formula is C14H26N2O2. The van der Waals surface area contributed by atoms with E-state index in [-0.39, 0.29) is 29.8 Å². The molecule has 0 aromatic heterocycles. The van der Waals surface area contributed by atoms with Gasteiger partial charge in [0.15, 0.2) is 0 Å². The van der Waals surface area contributed by atoms with E-state index >= 15 is 0 Å². The average Bonchev–Trinajstić information content (AvgIpc) is 2.27. The zero-order valence-electron chi connectivity index (χ0n) is 12.2. The fourth-order valence-corrected chi connectivity index (χ4v) is 2.28. The molecule has 1 N–H and O–H groups in total. The summed E-state index contributed by atoms with van der Waals surface area (Å²) in [4.78, 5) is 25.9. The summed E-state index contributed by atoms with van der Waals surface area (Å²) in [5.41, 5.74) is -0.240. The van der Waals surface area contributed by atoms with E-state index in [0.717, 1.165) is 19.3 Å². The molecule has 1 saturated heterocycles. The first-order valence-electron chi connectivity index (χ1n) is 6.87. The third-order valence-corrected chi connectivity index (χ3v) is 3.52. The van der Waals surface area contributed by atoms with Gasteiger partial charge in [-0.25, -0.2) is 0 Å². The summed E-state index contributed by atoms with van der Waals surface area (Å²) < 4.78 is 0. The molecule has 1 rings (SSSR count). The zero-order valence-corrected chi connectivity index (χ0v) is 12.2. The van der Waals surface area contributed by atoms with Crippen LogP contribution >= 0.6 is 0 Å². The molecule has 1 aliphatic rings. The van der Waals surface area contributed by atoms with Crippen molar-refractivity contribution in [3.05, 3.63) is 0 Å². The maximum atomic E-state index is 12.4. The van der Waals surface area contributed by atoms with Gasteiger partial charge in [0.05, 0.1) is 6.54 Å². The Morgan fingerprint density at radius 3 is 2.50 bits per heavy atom. The van der Waals surface area contributed by atoms with Crippen LogP contribution < -0.4 is 5.32 Å². The minimum Gasteiger partial charge on any atom is -0.342 e. The molecule has 18 heavy (non-hydrogen) atoms. The first kappa shape index (κ1) is 15.0. The van der Waals surface area contributed by atoms with Crippen molar-refractivity contribution in [1.29, 1.82) is 0 Å². The number of nitrogens with one attached hydrogen (secondary N) is 1. The van der Waals surface area contributed by atoms with Gasteiger partial charge in [-0.3, -0.25) is 9.59 Å². The Morgan fingerprint density at radius 2 is 2.00 bits per heavy atom. The smallest absolute Gasteiger partial charge is 0.246 e. The van der Waals surface area contributed by atoms with Gasteiger partial charge in [-0.1, -0.05) is 40.5 Å². The van der Waals surface area contributed by atoms with Crippen LogP contribution in [0.4, 0.5) is 0 Å². The van der Waals surface area contributed by atoms with E-state index in [0.29, 0.717) is 0 Å². The van der Waals surface area contributed by atoms with Gasteiger partial charge in [0.1, 0.15) is 6.04 Å². The molecule has 0 saturated carbocycles. The number of hydrogen-bond acceptors (Lipinski definition) is 2. The molecule has 1 aliphatic heterocycles. The second-order valence-corrected chi connectivity index (χ2v) is 6.32. The molecule has 1 fully saturated rings. The summed E-state index contributed by atoms with van der Waals surface area (Å²) in [6.07, 6.45) is 3.17. The Labute approximate surface area is 110 Å². The molecule has 4 nitrogen and oxygen atoms in total. The highest BCUT2D eigenvalue weighted by molar-refractivity contribution is 5.95. The van der Waals surface area contributed by atoms with Crippen LogP contribution in [-0.2, 0) is 9.59 Å². The van der Waals surface area contributed by atoms with E-state index in [1.165, 1.54) is 0 Å². The largest absolute Gasteiger partial charge is 0.342 e. The normalized spacial score (nSPS) is 22.9. The lowest BCUT2D eigenvalue weighted by Crippen LogP contribution is -2.63. The van der Waals surface area contributed by atoms with Gasteiger partial charge in [-0.15, -0.1) is 0 Å². The third kappa shape index (κ3) is 3.47. The van der Waals surface area contributed by atoms with Gasteiger partial charge in [0, 0.05) is 6.04 Å². The minimum absolute atomic E-state index is 0.0436. The van der Waals surface area contributed by atoms with Crippen molar-refractivity contribution in [3.63, 3.8) is 0 Å². The monoisotopic (exact) mass is 254 g/mol. The van der Waals surface area contributed by atoms with Crippen LogP contribution in [0.2, 0.25) is 0 Å². The summed E-state index contributed by atoms with van der Waals surface area (Å²) in [5.74, 6) is 0.0172. The van der Waals surface area contributed by atoms with E-state index in [4.69, 9.17) is 0 Å². The first-order valence-corrected chi connectivity index (χ1v) is 6.87. The second kappa shape index (κ2) is 5.72. The molecule has 1 heterocycles. The number of carbonyl (C=O) groups is 2. The Balaban J connectivity index is 2.79. The van der Waals surface area contributed by atoms with E-state index in [1.54, 1.807) is 4.90 Å². The van der Waals surface area contributed by atoms with Gasteiger partial charge in [-0.2, -0.15) is 0 Å². The Morgan fingerprint density at radius 1 is 1.39 bits per heavy atom. The van der Waals surface area contributed by atoms with Crippen LogP contribution in [0, 0.1) is 5.41 Å². The average molecular weight is 254 g/mol.